The molecule has 3 N–H and O–H groups in total. The van der Waals surface area contributed by atoms with Crippen molar-refractivity contribution < 1.29 is 19.0 Å². The highest BCUT2D eigenvalue weighted by molar-refractivity contribution is 6.08. The number of nitrogens with one attached hydrogen (secondary N) is 3. The number of carbonyl (C=O) groups excluding carboxylic acids is 1. The van der Waals surface area contributed by atoms with Gasteiger partial charge in [0.25, 0.3) is 5.91 Å². The van der Waals surface area contributed by atoms with Crippen LogP contribution >= 0.6 is 0 Å². The number of rotatable bonds is 9. The normalized spacial score (nSPS) is 11.6. The van der Waals surface area contributed by atoms with Crippen LogP contribution in [0, 0.1) is 13.8 Å². The van der Waals surface area contributed by atoms with Crippen LogP contribution in [0.25, 0.3) is 17.0 Å². The van der Waals surface area contributed by atoms with Gasteiger partial charge in [-0.25, -0.2) is 9.97 Å². The molecule has 0 aliphatic rings. The summed E-state index contributed by atoms with van der Waals surface area (Å²) in [6, 6.07) is 13.2. The molecular formula is C29H32N6O4. The first-order valence-corrected chi connectivity index (χ1v) is 12.4. The summed E-state index contributed by atoms with van der Waals surface area (Å²) in [5.41, 5.74) is 4.50. The molecule has 0 fully saturated rings. The van der Waals surface area contributed by atoms with Crippen LogP contribution in [-0.2, 0) is 11.2 Å². The fourth-order valence-corrected chi connectivity index (χ4v) is 4.06. The minimum atomic E-state index is -0.364. The third-order valence-corrected chi connectivity index (χ3v) is 5.91. The molecule has 0 spiro atoms. The number of hydrogen-bond acceptors (Lipinski definition) is 7. The van der Waals surface area contributed by atoms with Crippen molar-refractivity contribution in [3.05, 3.63) is 77.3 Å². The largest absolute Gasteiger partial charge is 0.497 e. The first kappa shape index (κ1) is 27.2. The Kier molecular flexibility index (Phi) is 8.78. The number of hydrogen-bond donors (Lipinski definition) is 3. The van der Waals surface area contributed by atoms with Gasteiger partial charge in [0, 0.05) is 41.1 Å². The second kappa shape index (κ2) is 12.6. The summed E-state index contributed by atoms with van der Waals surface area (Å²) >= 11 is 0. The molecule has 10 heteroatoms. The second-order valence-corrected chi connectivity index (χ2v) is 8.74. The van der Waals surface area contributed by atoms with Gasteiger partial charge in [0.15, 0.2) is 11.5 Å². The average molecular weight is 529 g/mol. The van der Waals surface area contributed by atoms with E-state index in [2.05, 4.69) is 30.6 Å². The number of anilines is 1. The summed E-state index contributed by atoms with van der Waals surface area (Å²) in [5.74, 6) is 2.21. The zero-order valence-corrected chi connectivity index (χ0v) is 22.7. The Bertz CT molecular complexity index is 1510. The molecular weight excluding hydrogens is 496 g/mol. The van der Waals surface area contributed by atoms with Crippen LogP contribution in [0.5, 0.6) is 17.2 Å². The quantitative estimate of drug-likeness (QED) is 0.167. The number of methoxy groups -OCH3 is 3. The monoisotopic (exact) mass is 528 g/mol. The van der Waals surface area contributed by atoms with Gasteiger partial charge in [-0.15, -0.1) is 0 Å². The Labute approximate surface area is 227 Å². The average Bonchev–Trinajstić information content (AvgIpc) is 3.33. The second-order valence-electron chi connectivity index (χ2n) is 8.74. The summed E-state index contributed by atoms with van der Waals surface area (Å²) in [4.78, 5) is 29.6. The van der Waals surface area contributed by atoms with Crippen LogP contribution < -0.4 is 24.8 Å². The van der Waals surface area contributed by atoms with Crippen molar-refractivity contribution in [3.8, 4) is 17.2 Å². The summed E-state index contributed by atoms with van der Waals surface area (Å²) in [5, 5.41) is 6.94. The lowest BCUT2D eigenvalue weighted by molar-refractivity contribution is -0.115. The van der Waals surface area contributed by atoms with Crippen LogP contribution in [0.4, 0.5) is 5.95 Å². The van der Waals surface area contributed by atoms with E-state index in [-0.39, 0.29) is 11.9 Å². The number of aryl methyl sites for hydroxylation is 2. The molecule has 0 unspecified atom stereocenters. The number of aliphatic imine (C=N–C) groups is 1. The van der Waals surface area contributed by atoms with E-state index in [1.54, 1.807) is 39.5 Å². The van der Waals surface area contributed by atoms with Gasteiger partial charge in [0.2, 0.25) is 11.9 Å². The zero-order chi connectivity index (χ0) is 27.8. The molecule has 2 aromatic carbocycles. The van der Waals surface area contributed by atoms with Gasteiger partial charge in [-0.3, -0.25) is 20.4 Å². The molecule has 39 heavy (non-hydrogen) atoms. The number of nitrogens with zero attached hydrogens (tertiary/aromatic N) is 3. The van der Waals surface area contributed by atoms with Crippen molar-refractivity contribution >= 4 is 34.8 Å². The molecule has 1 amide bonds. The Morgan fingerprint density at radius 2 is 1.74 bits per heavy atom. The van der Waals surface area contributed by atoms with E-state index in [1.807, 2.05) is 50.4 Å². The molecule has 0 bridgehead atoms. The molecule has 0 aliphatic carbocycles. The van der Waals surface area contributed by atoms with Crippen molar-refractivity contribution in [1.82, 2.24) is 20.3 Å². The number of ether oxygens (including phenoxy) is 3. The zero-order valence-electron chi connectivity index (χ0n) is 22.7. The lowest BCUT2D eigenvalue weighted by Gasteiger charge is -2.11. The minimum absolute atomic E-state index is 0.249. The smallest absolute Gasteiger partial charge is 0.250 e. The van der Waals surface area contributed by atoms with E-state index in [0.29, 0.717) is 30.4 Å². The van der Waals surface area contributed by atoms with E-state index in [4.69, 9.17) is 14.2 Å². The molecule has 10 nitrogen and oxygen atoms in total. The minimum Gasteiger partial charge on any atom is -0.497 e. The number of benzene rings is 2. The molecule has 2 aromatic heterocycles. The third-order valence-electron chi connectivity index (χ3n) is 5.91. The van der Waals surface area contributed by atoms with Crippen LogP contribution in [0.2, 0.25) is 0 Å². The summed E-state index contributed by atoms with van der Waals surface area (Å²) in [7, 11) is 4.78. The van der Waals surface area contributed by atoms with E-state index in [0.717, 1.165) is 39.2 Å². The summed E-state index contributed by atoms with van der Waals surface area (Å²) in [6.45, 7) is 4.18. The molecule has 0 atom stereocenters. The molecule has 4 rings (SSSR count). The number of aromatic nitrogens is 3. The van der Waals surface area contributed by atoms with Crippen molar-refractivity contribution in [3.63, 3.8) is 0 Å². The SMILES string of the molecule is COc1ccc2[nH]cc(CCN=C(NC(=O)C=Cc3ccc(OC)c(OC)c3)Nc3nc(C)cc(C)n3)c2c1. The Hall–Kier alpha value is -4.86. The number of fused-ring (bicyclic) bond motifs is 1. The number of carbonyl (C=O) groups is 1. The van der Waals surface area contributed by atoms with E-state index >= 15 is 0 Å². The maximum absolute atomic E-state index is 12.8. The molecule has 2 heterocycles. The molecule has 202 valence electrons. The van der Waals surface area contributed by atoms with Crippen LogP contribution in [-0.4, -0.2) is 54.7 Å². The number of amides is 1. The maximum atomic E-state index is 12.8. The van der Waals surface area contributed by atoms with Crippen molar-refractivity contribution in [2.24, 2.45) is 4.99 Å². The van der Waals surface area contributed by atoms with E-state index in [9.17, 15) is 4.79 Å². The molecule has 0 radical (unpaired) electrons. The van der Waals surface area contributed by atoms with E-state index < -0.39 is 0 Å². The van der Waals surface area contributed by atoms with Crippen LogP contribution in [0.1, 0.15) is 22.5 Å². The number of aromatic amines is 1. The Morgan fingerprint density at radius 1 is 0.974 bits per heavy atom. The highest BCUT2D eigenvalue weighted by atomic mass is 16.5. The first-order valence-electron chi connectivity index (χ1n) is 12.4. The van der Waals surface area contributed by atoms with Crippen molar-refractivity contribution in [2.75, 3.05) is 33.2 Å². The van der Waals surface area contributed by atoms with Crippen molar-refractivity contribution in [2.45, 2.75) is 20.3 Å². The van der Waals surface area contributed by atoms with Gasteiger partial charge >= 0.3 is 0 Å². The predicted octanol–water partition coefficient (Wildman–Crippen LogP) is 4.44. The van der Waals surface area contributed by atoms with E-state index in [1.165, 1.54) is 6.08 Å². The summed E-state index contributed by atoms with van der Waals surface area (Å²) in [6.07, 6.45) is 5.71. The van der Waals surface area contributed by atoms with Gasteiger partial charge in [0.05, 0.1) is 21.3 Å². The maximum Gasteiger partial charge on any atom is 0.250 e. The topological polar surface area (TPSA) is 123 Å². The molecule has 4 aromatic rings. The highest BCUT2D eigenvalue weighted by Gasteiger charge is 2.10. The van der Waals surface area contributed by atoms with Gasteiger partial charge in [-0.2, -0.15) is 0 Å². The number of H-pyrrole nitrogens is 1. The fraction of sp³-hybridized carbons (Fsp3) is 0.241. The predicted molar refractivity (Wildman–Crippen MR) is 153 cm³/mol. The highest BCUT2D eigenvalue weighted by Crippen LogP contribution is 2.28. The third kappa shape index (κ3) is 7.13. The van der Waals surface area contributed by atoms with Gasteiger partial charge < -0.3 is 19.2 Å². The first-order chi connectivity index (χ1) is 18.9. The lowest BCUT2D eigenvalue weighted by atomic mass is 10.1. The van der Waals surface area contributed by atoms with Gasteiger partial charge in [-0.1, -0.05) is 6.07 Å². The molecule has 0 saturated carbocycles. The van der Waals surface area contributed by atoms with Gasteiger partial charge in [-0.05, 0) is 73.9 Å². The Morgan fingerprint density at radius 3 is 2.46 bits per heavy atom. The lowest BCUT2D eigenvalue weighted by Crippen LogP contribution is -2.35. The number of guanidine groups is 1. The molecule has 0 saturated heterocycles. The summed E-state index contributed by atoms with van der Waals surface area (Å²) < 4.78 is 16.0. The Balaban J connectivity index is 1.51. The fourth-order valence-electron chi connectivity index (χ4n) is 4.06. The van der Waals surface area contributed by atoms with Gasteiger partial charge in [0.1, 0.15) is 5.75 Å². The standard InChI is InChI=1S/C29H32N6O4/c1-18-14-19(2)33-29(32-18)35-28(30-13-12-21-17-31-24-9-8-22(37-3)16-23(21)24)34-27(36)11-7-20-6-10-25(38-4)26(15-20)39-5/h6-11,14-17,31H,12-13H2,1-5H3,(H2,30,32,33,34,35,36). The van der Waals surface area contributed by atoms with Crippen LogP contribution in [0.3, 0.4) is 0 Å². The molecule has 0 aliphatic heterocycles. The van der Waals surface area contributed by atoms with Crippen LogP contribution in [0.15, 0.2) is 59.7 Å². The van der Waals surface area contributed by atoms with Crippen molar-refractivity contribution in [1.29, 1.82) is 0 Å².